The number of nitrogens with one attached hydrogen (secondary N) is 4. The van der Waals surface area contributed by atoms with E-state index in [9.17, 15) is 37.5 Å². The van der Waals surface area contributed by atoms with Crippen LogP contribution >= 0.6 is 0 Å². The van der Waals surface area contributed by atoms with Crippen LogP contribution in [0.1, 0.15) is 100 Å². The van der Waals surface area contributed by atoms with E-state index < -0.39 is 80.3 Å². The molecular formula is C35H56N6O8S. The van der Waals surface area contributed by atoms with Crippen molar-refractivity contribution in [3.05, 3.63) is 12.7 Å². The third-order valence-electron chi connectivity index (χ3n) is 12.9. The molecule has 2 spiro atoms. The first kappa shape index (κ1) is 38.0. The molecule has 5 fully saturated rings. The van der Waals surface area contributed by atoms with Gasteiger partial charge in [0.15, 0.2) is 0 Å². The summed E-state index contributed by atoms with van der Waals surface area (Å²) in [5.74, 6) is -3.05. The lowest BCUT2D eigenvalue weighted by molar-refractivity contribution is -0.145. The fourth-order valence-corrected chi connectivity index (χ4v) is 10.7. The Bertz CT molecular complexity index is 1570. The summed E-state index contributed by atoms with van der Waals surface area (Å²) in [6.07, 6.45) is 5.07. The monoisotopic (exact) mass is 720 g/mol. The van der Waals surface area contributed by atoms with Gasteiger partial charge in [-0.2, -0.15) is 12.7 Å². The molecule has 3 aliphatic carbocycles. The lowest BCUT2D eigenvalue weighted by Gasteiger charge is -2.38. The lowest BCUT2D eigenvalue weighted by Crippen LogP contribution is -2.63. The number of likely N-dealkylation sites (tertiary alicyclic amines) is 1. The second-order valence-electron chi connectivity index (χ2n) is 17.9. The van der Waals surface area contributed by atoms with Crippen LogP contribution in [0.4, 0.5) is 4.79 Å². The number of amides is 5. The quantitative estimate of drug-likeness (QED) is 0.213. The molecular weight excluding hydrogens is 664 g/mol. The number of nitrogens with zero attached hydrogens (tertiary/aromatic N) is 2. The zero-order chi connectivity index (χ0) is 37.5. The van der Waals surface area contributed by atoms with Gasteiger partial charge in [0, 0.05) is 31.0 Å². The molecule has 0 aromatic heterocycles. The second kappa shape index (κ2) is 12.2. The van der Waals surface area contributed by atoms with E-state index in [1.54, 1.807) is 41.5 Å². The van der Waals surface area contributed by atoms with Crippen LogP contribution in [0.5, 0.6) is 0 Å². The minimum Gasteiger partial charge on any atom is -0.465 e. The number of carboxylic acid groups (broad SMARTS) is 1. The minimum absolute atomic E-state index is 0.0428. The summed E-state index contributed by atoms with van der Waals surface area (Å²) in [4.78, 5) is 69.7. The molecule has 50 heavy (non-hydrogen) atoms. The van der Waals surface area contributed by atoms with E-state index in [1.807, 2.05) is 0 Å². The van der Waals surface area contributed by atoms with E-state index in [-0.39, 0.29) is 29.2 Å². The van der Waals surface area contributed by atoms with Crippen LogP contribution in [0.3, 0.4) is 0 Å². The molecule has 5 N–H and O–H groups in total. The van der Waals surface area contributed by atoms with Crippen molar-refractivity contribution >= 4 is 39.9 Å². The molecule has 5 amide bonds. The molecule has 6 atom stereocenters. The molecule has 2 aliphatic heterocycles. The molecule has 5 rings (SSSR count). The summed E-state index contributed by atoms with van der Waals surface area (Å²) >= 11 is 0. The highest BCUT2D eigenvalue weighted by molar-refractivity contribution is 7.87. The van der Waals surface area contributed by atoms with Crippen molar-refractivity contribution in [3.8, 4) is 0 Å². The number of carbonyl (C=O) groups excluding carboxylic acids is 4. The van der Waals surface area contributed by atoms with Crippen LogP contribution in [0.2, 0.25) is 0 Å². The molecule has 15 heteroatoms. The molecule has 2 heterocycles. The standard InChI is InChI=1S/C35H56N6O8S/c1-10-21-18-35(21,28(45)39-50(48,49)40-16-11-12-17-40)38-25(42)22-19-34(32(8,9)33(34)14-13-15-33)20-41(22)27(44)24(31(5,6)7)36-26(43)23(30(2,3)4)37-29(46)47/h10,21-24,37H,1,11-20H2,2-9H3,(H,36,43)(H,38,42)(H,39,45)(H,46,47)/t21-,22+,23-,24-,34-,35-/m1/s1. The zero-order valence-electron chi connectivity index (χ0n) is 30.8. The Hall–Kier alpha value is -3.20. The van der Waals surface area contributed by atoms with Crippen molar-refractivity contribution in [1.82, 2.24) is 29.9 Å². The SMILES string of the molecule is C=C[C@@H]1C[C@]1(NC(=O)[C@@H]1C[C@@]2(CN1C(=O)[C@@H](NC(=O)[C@@H](NC(=O)O)C(C)(C)C)C(C)(C)C)C(C)(C)C21CCC1)C(=O)NS(=O)(=O)N1CCCC1. The summed E-state index contributed by atoms with van der Waals surface area (Å²) in [6, 6.07) is -3.28. The molecule has 280 valence electrons. The lowest BCUT2D eigenvalue weighted by atomic mass is 9.73. The predicted octanol–water partition coefficient (Wildman–Crippen LogP) is 2.51. The fourth-order valence-electron chi connectivity index (χ4n) is 9.44. The highest BCUT2D eigenvalue weighted by Crippen LogP contribution is 2.88. The van der Waals surface area contributed by atoms with Crippen molar-refractivity contribution in [2.75, 3.05) is 19.6 Å². The highest BCUT2D eigenvalue weighted by Gasteiger charge is 2.85. The number of hydrogen-bond donors (Lipinski definition) is 5. The first-order chi connectivity index (χ1) is 22.9. The van der Waals surface area contributed by atoms with E-state index in [2.05, 4.69) is 41.1 Å². The Kier molecular flexibility index (Phi) is 9.28. The van der Waals surface area contributed by atoms with Gasteiger partial charge in [-0.15, -0.1) is 6.58 Å². The van der Waals surface area contributed by atoms with Gasteiger partial charge in [0.05, 0.1) is 0 Å². The van der Waals surface area contributed by atoms with Gasteiger partial charge in [0.1, 0.15) is 23.7 Å². The average molecular weight is 721 g/mol. The van der Waals surface area contributed by atoms with Gasteiger partial charge >= 0.3 is 16.3 Å². The van der Waals surface area contributed by atoms with Crippen molar-refractivity contribution in [3.63, 3.8) is 0 Å². The van der Waals surface area contributed by atoms with Crippen molar-refractivity contribution in [2.45, 2.75) is 124 Å². The maximum absolute atomic E-state index is 14.8. The van der Waals surface area contributed by atoms with E-state index in [0.717, 1.165) is 19.3 Å². The Morgan fingerprint density at radius 3 is 1.90 bits per heavy atom. The largest absolute Gasteiger partial charge is 0.465 e. The van der Waals surface area contributed by atoms with Gasteiger partial charge in [-0.3, -0.25) is 19.2 Å². The van der Waals surface area contributed by atoms with Crippen molar-refractivity contribution < 1.29 is 37.5 Å². The molecule has 3 saturated carbocycles. The average Bonchev–Trinajstić information content (AvgIpc) is 3.43. The van der Waals surface area contributed by atoms with Crippen LogP contribution in [0.25, 0.3) is 0 Å². The van der Waals surface area contributed by atoms with Crippen LogP contribution in [0.15, 0.2) is 12.7 Å². The molecule has 2 saturated heterocycles. The van der Waals surface area contributed by atoms with E-state index in [1.165, 1.54) is 15.3 Å². The third-order valence-corrected chi connectivity index (χ3v) is 14.4. The van der Waals surface area contributed by atoms with Crippen LogP contribution in [0, 0.1) is 33.0 Å². The maximum Gasteiger partial charge on any atom is 0.405 e. The maximum atomic E-state index is 14.8. The number of carbonyl (C=O) groups is 5. The number of rotatable bonds is 10. The number of fused-ring (bicyclic) bond motifs is 1. The second-order valence-corrected chi connectivity index (χ2v) is 19.6. The molecule has 5 aliphatic rings. The summed E-state index contributed by atoms with van der Waals surface area (Å²) in [6.45, 7) is 19.6. The van der Waals surface area contributed by atoms with Gasteiger partial charge in [-0.05, 0) is 60.2 Å². The summed E-state index contributed by atoms with van der Waals surface area (Å²) in [7, 11) is -4.11. The van der Waals surface area contributed by atoms with Crippen LogP contribution < -0.4 is 20.7 Å². The van der Waals surface area contributed by atoms with Crippen molar-refractivity contribution in [2.24, 2.45) is 33.0 Å². The van der Waals surface area contributed by atoms with Gasteiger partial charge in [0.25, 0.3) is 5.91 Å². The predicted molar refractivity (Wildman–Crippen MR) is 185 cm³/mol. The Morgan fingerprint density at radius 1 is 0.880 bits per heavy atom. The van der Waals surface area contributed by atoms with Gasteiger partial charge in [0.2, 0.25) is 17.7 Å². The Morgan fingerprint density at radius 2 is 1.46 bits per heavy atom. The van der Waals surface area contributed by atoms with Gasteiger partial charge in [-0.25, -0.2) is 9.52 Å². The fraction of sp³-hybridized carbons (Fsp3) is 0.800. The highest BCUT2D eigenvalue weighted by atomic mass is 32.2. The molecule has 0 aromatic carbocycles. The Labute approximate surface area is 296 Å². The topological polar surface area (TPSA) is 194 Å². The minimum atomic E-state index is -4.11. The Balaban J connectivity index is 1.45. The molecule has 14 nitrogen and oxygen atoms in total. The van der Waals surface area contributed by atoms with E-state index in [0.29, 0.717) is 32.4 Å². The smallest absolute Gasteiger partial charge is 0.405 e. The van der Waals surface area contributed by atoms with Gasteiger partial charge < -0.3 is 26.0 Å². The zero-order valence-corrected chi connectivity index (χ0v) is 31.6. The van der Waals surface area contributed by atoms with Crippen LogP contribution in [-0.2, 0) is 29.4 Å². The third kappa shape index (κ3) is 5.99. The van der Waals surface area contributed by atoms with E-state index >= 15 is 0 Å². The van der Waals surface area contributed by atoms with E-state index in [4.69, 9.17) is 0 Å². The van der Waals surface area contributed by atoms with Crippen molar-refractivity contribution in [1.29, 1.82) is 0 Å². The molecule has 0 unspecified atom stereocenters. The molecule has 0 bridgehead atoms. The summed E-state index contributed by atoms with van der Waals surface area (Å²) in [5, 5.41) is 17.5. The summed E-state index contributed by atoms with van der Waals surface area (Å²) < 4.78 is 29.5. The number of hydrogen-bond acceptors (Lipinski definition) is 7. The van der Waals surface area contributed by atoms with Crippen LogP contribution in [-0.4, -0.2) is 95.8 Å². The summed E-state index contributed by atoms with van der Waals surface area (Å²) in [5.41, 5.74) is -3.76. The first-order valence-electron chi connectivity index (χ1n) is 17.8. The normalized spacial score (nSPS) is 30.9. The van der Waals surface area contributed by atoms with Gasteiger partial charge in [-0.1, -0.05) is 67.9 Å². The first-order valence-corrected chi connectivity index (χ1v) is 19.2. The molecule has 0 radical (unpaired) electrons. The molecule has 0 aromatic rings.